The van der Waals surface area contributed by atoms with Gasteiger partial charge < -0.3 is 9.47 Å². The summed E-state index contributed by atoms with van der Waals surface area (Å²) in [5, 5.41) is 13.1. The molecule has 1 aliphatic heterocycles. The zero-order valence-electron chi connectivity index (χ0n) is 37.1. The maximum Gasteiger partial charge on any atom is 0.160 e. The number of anilines is 3. The monoisotopic (exact) mass is 857 g/mol. The van der Waals surface area contributed by atoms with Gasteiger partial charge in [0.15, 0.2) is 5.82 Å². The minimum Gasteiger partial charge on any atom is -0.310 e. The molecule has 0 N–H and O–H groups in total. The van der Waals surface area contributed by atoms with Crippen LogP contribution in [0.4, 0.5) is 17.1 Å². The maximum absolute atomic E-state index is 10.8. The summed E-state index contributed by atoms with van der Waals surface area (Å²) in [7, 11) is 0. The third-order valence-corrected chi connectivity index (χ3v) is 13.4. The molecular formula is C62H43N5. The molecule has 0 fully saturated rings. The van der Waals surface area contributed by atoms with Crippen LogP contribution in [0, 0.1) is 11.3 Å². The van der Waals surface area contributed by atoms with Gasteiger partial charge in [-0.3, -0.25) is 0 Å². The predicted octanol–water partition coefficient (Wildman–Crippen LogP) is 15.9. The molecule has 2 aromatic heterocycles. The van der Waals surface area contributed by atoms with Crippen LogP contribution in [0.1, 0.15) is 30.5 Å². The number of nitrogens with zero attached hydrogens (tertiary/aromatic N) is 5. The Morgan fingerprint density at radius 2 is 0.925 bits per heavy atom. The summed E-state index contributed by atoms with van der Waals surface area (Å²) >= 11 is 0. The standard InChI is InChI=1S/C62H43N5/c1-62(2)52-33-19-21-35-55(52)66(46-30-16-7-17-31-46)57-39-56-50(38-53(57)62)47-32-18-20-34-54(47)67(56)60-48(41-22-8-3-9-23-41)36-45(37-49(60)42-24-10-4-11-25-42)61-64-58(43-26-12-5-13-27-43)51(40-63)59(65-61)44-28-14-6-15-29-44/h3-39H,1-2H3. The highest BCUT2D eigenvalue weighted by molar-refractivity contribution is 6.13. The lowest BCUT2D eigenvalue weighted by molar-refractivity contribution is 0.633. The van der Waals surface area contributed by atoms with Crippen LogP contribution in [0.5, 0.6) is 0 Å². The van der Waals surface area contributed by atoms with E-state index in [0.29, 0.717) is 22.8 Å². The van der Waals surface area contributed by atoms with Crippen molar-refractivity contribution in [2.24, 2.45) is 0 Å². The van der Waals surface area contributed by atoms with Gasteiger partial charge in [-0.05, 0) is 70.8 Å². The van der Waals surface area contributed by atoms with Crippen molar-refractivity contribution in [2.45, 2.75) is 19.3 Å². The third-order valence-electron chi connectivity index (χ3n) is 13.4. The molecule has 0 aliphatic carbocycles. The van der Waals surface area contributed by atoms with Gasteiger partial charge in [-0.15, -0.1) is 0 Å². The molecule has 11 aromatic rings. The van der Waals surface area contributed by atoms with E-state index in [0.717, 1.165) is 67.0 Å². The molecule has 5 heteroatoms. The molecule has 0 radical (unpaired) electrons. The van der Waals surface area contributed by atoms with E-state index in [4.69, 9.17) is 9.97 Å². The third kappa shape index (κ3) is 6.53. The molecule has 5 nitrogen and oxygen atoms in total. The van der Waals surface area contributed by atoms with E-state index in [-0.39, 0.29) is 5.41 Å². The smallest absolute Gasteiger partial charge is 0.160 e. The minimum absolute atomic E-state index is 0.279. The van der Waals surface area contributed by atoms with E-state index < -0.39 is 0 Å². The Bertz CT molecular complexity index is 3580. The lowest BCUT2D eigenvalue weighted by Crippen LogP contribution is -2.30. The van der Waals surface area contributed by atoms with E-state index in [1.807, 2.05) is 60.7 Å². The van der Waals surface area contributed by atoms with Crippen molar-refractivity contribution in [1.29, 1.82) is 5.26 Å². The van der Waals surface area contributed by atoms with Crippen molar-refractivity contribution < 1.29 is 0 Å². The Kier molecular flexibility index (Phi) is 9.48. The molecule has 0 unspecified atom stereocenters. The van der Waals surface area contributed by atoms with Gasteiger partial charge in [-0.1, -0.05) is 190 Å². The topological polar surface area (TPSA) is 57.7 Å². The van der Waals surface area contributed by atoms with Crippen molar-refractivity contribution in [3.8, 4) is 67.9 Å². The first-order chi connectivity index (χ1) is 33.0. The van der Waals surface area contributed by atoms with Crippen LogP contribution in [-0.4, -0.2) is 14.5 Å². The van der Waals surface area contributed by atoms with E-state index >= 15 is 0 Å². The summed E-state index contributed by atoms with van der Waals surface area (Å²) < 4.78 is 2.49. The Hall–Kier alpha value is -8.85. The zero-order chi connectivity index (χ0) is 45.1. The second-order valence-electron chi connectivity index (χ2n) is 17.7. The van der Waals surface area contributed by atoms with Crippen molar-refractivity contribution >= 4 is 38.9 Å². The number of fused-ring (bicyclic) bond motifs is 5. The van der Waals surface area contributed by atoms with Gasteiger partial charge >= 0.3 is 0 Å². The molecule has 0 bridgehead atoms. The lowest BCUT2D eigenvalue weighted by Gasteiger charge is -2.42. The molecule has 3 heterocycles. The quantitative estimate of drug-likeness (QED) is 0.160. The van der Waals surface area contributed by atoms with Gasteiger partial charge in [0, 0.05) is 49.7 Å². The first kappa shape index (κ1) is 39.7. The fraction of sp³-hybridized carbons (Fsp3) is 0.0484. The number of hydrogen-bond acceptors (Lipinski definition) is 4. The van der Waals surface area contributed by atoms with Crippen molar-refractivity contribution in [3.05, 3.63) is 241 Å². The van der Waals surface area contributed by atoms with Crippen LogP contribution >= 0.6 is 0 Å². The average Bonchev–Trinajstić information content (AvgIpc) is 3.71. The van der Waals surface area contributed by atoms with Crippen LogP contribution in [0.3, 0.4) is 0 Å². The summed E-state index contributed by atoms with van der Waals surface area (Å²) in [6.45, 7) is 4.71. The number of benzene rings is 9. The molecular weight excluding hydrogens is 815 g/mol. The Morgan fingerprint density at radius 3 is 1.49 bits per heavy atom. The summed E-state index contributed by atoms with van der Waals surface area (Å²) in [4.78, 5) is 13.0. The number of rotatable bonds is 7. The second kappa shape index (κ2) is 16.0. The fourth-order valence-corrected chi connectivity index (χ4v) is 10.2. The largest absolute Gasteiger partial charge is 0.310 e. The average molecular weight is 858 g/mol. The summed E-state index contributed by atoms with van der Waals surface area (Å²) in [5.41, 5.74) is 17.3. The highest BCUT2D eigenvalue weighted by Gasteiger charge is 2.38. The SMILES string of the molecule is CC1(C)c2ccccc2N(c2ccccc2)c2cc3c(cc21)c1ccccc1n3-c1c(-c2ccccc2)cc(-c2nc(-c3ccccc3)c(C#N)c(-c3ccccc3)n2)cc1-c1ccccc1. The highest BCUT2D eigenvalue weighted by atomic mass is 15.2. The first-order valence-corrected chi connectivity index (χ1v) is 22.7. The molecule has 0 saturated carbocycles. The molecule has 1 aliphatic rings. The van der Waals surface area contributed by atoms with E-state index in [1.165, 1.54) is 27.6 Å². The van der Waals surface area contributed by atoms with Crippen LogP contribution < -0.4 is 4.90 Å². The molecule has 0 saturated heterocycles. The molecule has 67 heavy (non-hydrogen) atoms. The first-order valence-electron chi connectivity index (χ1n) is 22.7. The molecule has 9 aromatic carbocycles. The van der Waals surface area contributed by atoms with E-state index in [1.54, 1.807) is 0 Å². The molecule has 0 atom stereocenters. The molecule has 12 rings (SSSR count). The second-order valence-corrected chi connectivity index (χ2v) is 17.7. The minimum atomic E-state index is -0.279. The van der Waals surface area contributed by atoms with Gasteiger partial charge in [0.1, 0.15) is 11.6 Å². The molecule has 316 valence electrons. The molecule has 0 amide bonds. The Labute approximate surface area is 390 Å². The van der Waals surface area contributed by atoms with Gasteiger partial charge in [0.25, 0.3) is 0 Å². The van der Waals surface area contributed by atoms with E-state index in [2.05, 4.69) is 193 Å². The zero-order valence-corrected chi connectivity index (χ0v) is 37.1. The summed E-state index contributed by atoms with van der Waals surface area (Å²) in [6, 6.07) is 81.5. The van der Waals surface area contributed by atoms with Crippen LogP contribution in [0.2, 0.25) is 0 Å². The van der Waals surface area contributed by atoms with Gasteiger partial charge in [0.2, 0.25) is 0 Å². The fourth-order valence-electron chi connectivity index (χ4n) is 10.2. The van der Waals surface area contributed by atoms with E-state index in [9.17, 15) is 5.26 Å². The number of nitriles is 1. The number of para-hydroxylation sites is 3. The van der Waals surface area contributed by atoms with Crippen LogP contribution in [0.25, 0.3) is 83.6 Å². The van der Waals surface area contributed by atoms with Gasteiger partial charge in [0.05, 0.1) is 39.5 Å². The maximum atomic E-state index is 10.8. The van der Waals surface area contributed by atoms with Crippen LogP contribution in [0.15, 0.2) is 224 Å². The lowest BCUT2D eigenvalue weighted by atomic mass is 9.73. The van der Waals surface area contributed by atoms with Gasteiger partial charge in [-0.2, -0.15) is 5.26 Å². The summed E-state index contributed by atoms with van der Waals surface area (Å²) in [6.07, 6.45) is 0. The Morgan fingerprint density at radius 1 is 0.433 bits per heavy atom. The predicted molar refractivity (Wildman–Crippen MR) is 275 cm³/mol. The highest BCUT2D eigenvalue weighted by Crippen LogP contribution is 2.54. The Balaban J connectivity index is 1.21. The molecule has 0 spiro atoms. The van der Waals surface area contributed by atoms with Gasteiger partial charge in [-0.25, -0.2) is 9.97 Å². The van der Waals surface area contributed by atoms with Crippen molar-refractivity contribution in [3.63, 3.8) is 0 Å². The normalized spacial score (nSPS) is 12.7. The summed E-state index contributed by atoms with van der Waals surface area (Å²) in [5.74, 6) is 0.535. The number of aromatic nitrogens is 3. The van der Waals surface area contributed by atoms with Crippen molar-refractivity contribution in [1.82, 2.24) is 14.5 Å². The van der Waals surface area contributed by atoms with Crippen LogP contribution in [-0.2, 0) is 5.41 Å². The van der Waals surface area contributed by atoms with Crippen molar-refractivity contribution in [2.75, 3.05) is 4.90 Å². The number of hydrogen-bond donors (Lipinski definition) is 0.